The average molecular weight is 238 g/mol. The summed E-state index contributed by atoms with van der Waals surface area (Å²) in [5.74, 6) is 0. The molecule has 0 N–H and O–H groups in total. The zero-order valence-electron chi connectivity index (χ0n) is 10.2. The molecule has 0 aliphatic heterocycles. The minimum absolute atomic E-state index is 0.0591. The van der Waals surface area contributed by atoms with Gasteiger partial charge in [0.15, 0.2) is 0 Å². The molecule has 0 fully saturated rings. The summed E-state index contributed by atoms with van der Waals surface area (Å²) in [7, 11) is 1.90. The number of aromatic nitrogens is 2. The van der Waals surface area contributed by atoms with Gasteiger partial charge in [-0.25, -0.2) is 0 Å². The molecular weight excluding hydrogens is 224 g/mol. The highest BCUT2D eigenvalue weighted by Gasteiger charge is 2.06. The second-order valence-electron chi connectivity index (χ2n) is 4.46. The van der Waals surface area contributed by atoms with Crippen molar-refractivity contribution in [1.29, 1.82) is 0 Å². The molecule has 0 bridgehead atoms. The van der Waals surface area contributed by atoms with Crippen molar-refractivity contribution in [1.82, 2.24) is 9.13 Å². The molecule has 3 nitrogen and oxygen atoms in total. The summed E-state index contributed by atoms with van der Waals surface area (Å²) >= 11 is 0. The Morgan fingerprint density at radius 1 is 1.00 bits per heavy atom. The van der Waals surface area contributed by atoms with E-state index in [1.807, 2.05) is 66.5 Å². The molecule has 2 aromatic heterocycles. The molecule has 0 saturated carbocycles. The van der Waals surface area contributed by atoms with Crippen LogP contribution in [0.4, 0.5) is 0 Å². The summed E-state index contributed by atoms with van der Waals surface area (Å²) < 4.78 is 3.62. The first-order valence-electron chi connectivity index (χ1n) is 5.94. The Hall–Kier alpha value is -2.29. The monoisotopic (exact) mass is 238 g/mol. The molecule has 1 aromatic carbocycles. The normalized spacial score (nSPS) is 10.9. The van der Waals surface area contributed by atoms with Crippen LogP contribution in [0, 0.1) is 0 Å². The van der Waals surface area contributed by atoms with Crippen molar-refractivity contribution in [2.45, 2.75) is 6.54 Å². The van der Waals surface area contributed by atoms with Gasteiger partial charge in [-0.15, -0.1) is 0 Å². The van der Waals surface area contributed by atoms with E-state index in [2.05, 4.69) is 0 Å². The van der Waals surface area contributed by atoms with Crippen molar-refractivity contribution < 1.29 is 0 Å². The number of nitrogens with zero attached hydrogens (tertiary/aromatic N) is 2. The zero-order valence-corrected chi connectivity index (χ0v) is 10.2. The van der Waals surface area contributed by atoms with E-state index in [0.29, 0.717) is 6.54 Å². The smallest absolute Gasteiger partial charge is 0.275 e. The molecule has 90 valence electrons. The number of aryl methyl sites for hydroxylation is 1. The standard InChI is InChI=1S/C15H14N2O/c1-16-9-7-13-8-10-17(15(18)14(13)16)11-12-5-3-2-4-6-12/h2-10H,11H2,1H3. The Morgan fingerprint density at radius 2 is 1.72 bits per heavy atom. The molecule has 0 unspecified atom stereocenters. The minimum atomic E-state index is 0.0591. The molecule has 0 radical (unpaired) electrons. The fourth-order valence-electron chi connectivity index (χ4n) is 2.24. The van der Waals surface area contributed by atoms with E-state index >= 15 is 0 Å². The van der Waals surface area contributed by atoms with Crippen LogP contribution in [-0.4, -0.2) is 9.13 Å². The van der Waals surface area contributed by atoms with Crippen LogP contribution in [0.15, 0.2) is 59.7 Å². The van der Waals surface area contributed by atoms with Crippen LogP contribution in [0.5, 0.6) is 0 Å². The van der Waals surface area contributed by atoms with Crippen LogP contribution in [0.25, 0.3) is 10.9 Å². The lowest BCUT2D eigenvalue weighted by Crippen LogP contribution is -2.21. The van der Waals surface area contributed by atoms with Crippen molar-refractivity contribution in [2.75, 3.05) is 0 Å². The molecule has 3 rings (SSSR count). The van der Waals surface area contributed by atoms with Crippen LogP contribution < -0.4 is 5.56 Å². The molecular formula is C15H14N2O. The van der Waals surface area contributed by atoms with E-state index < -0.39 is 0 Å². The second-order valence-corrected chi connectivity index (χ2v) is 4.46. The Balaban J connectivity index is 2.11. The molecule has 3 heteroatoms. The molecule has 0 aliphatic rings. The highest BCUT2D eigenvalue weighted by Crippen LogP contribution is 2.10. The van der Waals surface area contributed by atoms with Gasteiger partial charge >= 0.3 is 0 Å². The first-order chi connectivity index (χ1) is 8.75. The summed E-state index contributed by atoms with van der Waals surface area (Å²) in [6, 6.07) is 14.0. The lowest BCUT2D eigenvalue weighted by Gasteiger charge is -2.06. The first-order valence-corrected chi connectivity index (χ1v) is 5.94. The van der Waals surface area contributed by atoms with E-state index in [4.69, 9.17) is 0 Å². The number of benzene rings is 1. The van der Waals surface area contributed by atoms with Gasteiger partial charge in [-0.05, 0) is 17.7 Å². The van der Waals surface area contributed by atoms with Crippen molar-refractivity contribution in [3.8, 4) is 0 Å². The van der Waals surface area contributed by atoms with Crippen LogP contribution >= 0.6 is 0 Å². The lowest BCUT2D eigenvalue weighted by molar-refractivity contribution is 0.760. The van der Waals surface area contributed by atoms with E-state index in [9.17, 15) is 4.79 Å². The highest BCUT2D eigenvalue weighted by atomic mass is 16.1. The number of hydrogen-bond acceptors (Lipinski definition) is 1. The Kier molecular flexibility index (Phi) is 2.52. The molecule has 3 aromatic rings. The van der Waals surface area contributed by atoms with Gasteiger partial charge in [-0.3, -0.25) is 4.79 Å². The van der Waals surface area contributed by atoms with Gasteiger partial charge in [-0.1, -0.05) is 30.3 Å². The first kappa shape index (κ1) is 10.8. The van der Waals surface area contributed by atoms with Crippen LogP contribution in [0.2, 0.25) is 0 Å². The largest absolute Gasteiger partial charge is 0.346 e. The summed E-state index contributed by atoms with van der Waals surface area (Å²) in [5, 5.41) is 0.992. The predicted octanol–water partition coefficient (Wildman–Crippen LogP) is 2.39. The Labute approximate surface area is 105 Å². The van der Waals surface area contributed by atoms with Gasteiger partial charge in [0.2, 0.25) is 0 Å². The minimum Gasteiger partial charge on any atom is -0.346 e. The Morgan fingerprint density at radius 3 is 2.50 bits per heavy atom. The second kappa shape index (κ2) is 4.18. The predicted molar refractivity (Wildman–Crippen MR) is 72.7 cm³/mol. The topological polar surface area (TPSA) is 26.9 Å². The third-order valence-electron chi connectivity index (χ3n) is 3.20. The van der Waals surface area contributed by atoms with Crippen molar-refractivity contribution in [3.05, 3.63) is 70.8 Å². The van der Waals surface area contributed by atoms with Crippen LogP contribution in [0.3, 0.4) is 0 Å². The molecule has 0 aliphatic carbocycles. The maximum absolute atomic E-state index is 12.4. The maximum atomic E-state index is 12.4. The van der Waals surface area contributed by atoms with Crippen molar-refractivity contribution in [2.24, 2.45) is 7.05 Å². The van der Waals surface area contributed by atoms with Gasteiger partial charge in [-0.2, -0.15) is 0 Å². The number of fused-ring (bicyclic) bond motifs is 1. The van der Waals surface area contributed by atoms with E-state index in [0.717, 1.165) is 16.5 Å². The van der Waals surface area contributed by atoms with Gasteiger partial charge in [0.1, 0.15) is 5.52 Å². The van der Waals surface area contributed by atoms with Crippen molar-refractivity contribution in [3.63, 3.8) is 0 Å². The summed E-state index contributed by atoms with van der Waals surface area (Å²) in [6.45, 7) is 0.612. The van der Waals surface area contributed by atoms with Gasteiger partial charge in [0, 0.05) is 24.8 Å². The van der Waals surface area contributed by atoms with Crippen LogP contribution in [-0.2, 0) is 13.6 Å². The third kappa shape index (κ3) is 1.74. The van der Waals surface area contributed by atoms with E-state index in [1.165, 1.54) is 0 Å². The van der Waals surface area contributed by atoms with Gasteiger partial charge in [0.25, 0.3) is 5.56 Å². The maximum Gasteiger partial charge on any atom is 0.275 e. The lowest BCUT2D eigenvalue weighted by atomic mass is 10.2. The van der Waals surface area contributed by atoms with Gasteiger partial charge < -0.3 is 9.13 Å². The number of rotatable bonds is 2. The van der Waals surface area contributed by atoms with Crippen molar-refractivity contribution >= 4 is 10.9 Å². The molecule has 18 heavy (non-hydrogen) atoms. The van der Waals surface area contributed by atoms with Gasteiger partial charge in [0.05, 0.1) is 6.54 Å². The molecule has 0 spiro atoms. The quantitative estimate of drug-likeness (QED) is 0.673. The van der Waals surface area contributed by atoms with E-state index in [-0.39, 0.29) is 5.56 Å². The molecule has 0 amide bonds. The average Bonchev–Trinajstić information content (AvgIpc) is 2.77. The summed E-state index contributed by atoms with van der Waals surface area (Å²) in [5.41, 5.74) is 1.95. The summed E-state index contributed by atoms with van der Waals surface area (Å²) in [6.07, 6.45) is 3.77. The highest BCUT2D eigenvalue weighted by molar-refractivity contribution is 5.78. The summed E-state index contributed by atoms with van der Waals surface area (Å²) in [4.78, 5) is 12.4. The number of hydrogen-bond donors (Lipinski definition) is 0. The Bertz CT molecular complexity index is 738. The SMILES string of the molecule is Cn1ccc2ccn(Cc3ccccc3)c(=O)c21. The molecule has 0 saturated heterocycles. The fraction of sp³-hybridized carbons (Fsp3) is 0.133. The zero-order chi connectivity index (χ0) is 12.5. The molecule has 2 heterocycles. The third-order valence-corrected chi connectivity index (χ3v) is 3.20. The molecule has 0 atom stereocenters. The number of pyridine rings is 1. The van der Waals surface area contributed by atoms with E-state index in [1.54, 1.807) is 4.57 Å². The van der Waals surface area contributed by atoms with Crippen LogP contribution in [0.1, 0.15) is 5.56 Å². The fourth-order valence-corrected chi connectivity index (χ4v) is 2.24.